The number of amides is 1. The quantitative estimate of drug-likeness (QED) is 0.165. The number of aromatic nitrogens is 2. The third-order valence-corrected chi connectivity index (χ3v) is 6.54. The molecule has 3 rings (SSSR count). The Bertz CT molecular complexity index is 1500. The molecule has 6 nitrogen and oxygen atoms in total. The summed E-state index contributed by atoms with van der Waals surface area (Å²) in [5, 5.41) is 7.01. The molecular weight excluding hydrogens is 677 g/mol. The van der Waals surface area contributed by atoms with Crippen LogP contribution in [-0.4, -0.2) is 33.3 Å². The molecule has 0 aliphatic carbocycles. The Balaban J connectivity index is 0.000000317. The molecule has 0 bridgehead atoms. The number of ether oxygens (including phenoxy) is 1. The first-order valence-corrected chi connectivity index (χ1v) is 13.5. The molecule has 220 valence electrons. The lowest BCUT2D eigenvalue weighted by Gasteiger charge is -2.19. The second-order valence-electron chi connectivity index (χ2n) is 9.28. The normalized spacial score (nSPS) is 11.4. The van der Waals surface area contributed by atoms with Gasteiger partial charge >= 0.3 is 12.1 Å². The number of nitrogens with one attached hydrogen (secondary N) is 1. The molecule has 0 saturated heterocycles. The minimum Gasteiger partial charge on any atom is -0.459 e. The third kappa shape index (κ3) is 9.10. The van der Waals surface area contributed by atoms with Gasteiger partial charge in [0.25, 0.3) is 5.91 Å². The molecule has 0 fully saturated rings. The summed E-state index contributed by atoms with van der Waals surface area (Å²) in [5.74, 6) is 0.441. The number of nitrogens with zero attached hydrogens (tertiary/aromatic N) is 2. The number of terminal acetylenes is 1. The number of carbonyl (C=O) groups excluding carboxylic acids is 2. The molecule has 41 heavy (non-hydrogen) atoms. The Morgan fingerprint density at radius 2 is 1.66 bits per heavy atom. The van der Waals surface area contributed by atoms with Crippen molar-refractivity contribution >= 4 is 62.6 Å². The Morgan fingerprint density at radius 1 is 1.10 bits per heavy atom. The average molecular weight is 700 g/mol. The summed E-state index contributed by atoms with van der Waals surface area (Å²) in [6.07, 6.45) is 0.134. The monoisotopic (exact) mass is 697 g/mol. The van der Waals surface area contributed by atoms with Gasteiger partial charge in [-0.15, -0.1) is 6.42 Å². The largest absolute Gasteiger partial charge is 0.459 e. The predicted octanol–water partition coefficient (Wildman–Crippen LogP) is 8.36. The van der Waals surface area contributed by atoms with E-state index in [0.717, 1.165) is 19.2 Å². The first-order valence-electron chi connectivity index (χ1n) is 11.5. The lowest BCUT2D eigenvalue weighted by Crippen LogP contribution is -2.42. The minimum atomic E-state index is -4.69. The Labute approximate surface area is 257 Å². The molecule has 1 aromatic heterocycles. The van der Waals surface area contributed by atoms with Gasteiger partial charge in [-0.2, -0.15) is 18.3 Å². The number of rotatable bonds is 5. The van der Waals surface area contributed by atoms with E-state index in [-0.39, 0.29) is 27.8 Å². The van der Waals surface area contributed by atoms with E-state index in [4.69, 9.17) is 46.0 Å². The second-order valence-corrected chi connectivity index (χ2v) is 11.4. The van der Waals surface area contributed by atoms with Crippen LogP contribution in [0.25, 0.3) is 11.3 Å². The number of benzene rings is 2. The molecule has 0 aliphatic heterocycles. The van der Waals surface area contributed by atoms with E-state index in [1.807, 2.05) is 0 Å². The second kappa shape index (κ2) is 13.5. The zero-order valence-corrected chi connectivity index (χ0v) is 26.0. The number of esters is 1. The molecule has 0 atom stereocenters. The maximum atomic E-state index is 14.3. The highest BCUT2D eigenvalue weighted by molar-refractivity contribution is 9.10. The summed E-state index contributed by atoms with van der Waals surface area (Å²) in [6, 6.07) is 6.49. The van der Waals surface area contributed by atoms with Crippen LogP contribution < -0.4 is 5.32 Å². The van der Waals surface area contributed by atoms with Crippen molar-refractivity contribution in [1.29, 1.82) is 0 Å². The summed E-state index contributed by atoms with van der Waals surface area (Å²) in [5.41, 5.74) is -2.17. The van der Waals surface area contributed by atoms with E-state index in [9.17, 15) is 27.2 Å². The van der Waals surface area contributed by atoms with E-state index in [1.54, 1.807) is 33.8 Å². The van der Waals surface area contributed by atoms with Crippen molar-refractivity contribution in [1.82, 2.24) is 15.1 Å². The van der Waals surface area contributed by atoms with Gasteiger partial charge in [-0.05, 0) is 74.0 Å². The molecule has 0 spiro atoms. The summed E-state index contributed by atoms with van der Waals surface area (Å²) < 4.78 is 58.6. The van der Waals surface area contributed by atoms with Gasteiger partial charge in [-0.3, -0.25) is 9.48 Å². The molecule has 2 aromatic carbocycles. The highest BCUT2D eigenvalue weighted by Crippen LogP contribution is 2.41. The number of hydrogen-bond acceptors (Lipinski definition) is 4. The lowest BCUT2D eigenvalue weighted by molar-refractivity contribution is -0.144. The Morgan fingerprint density at radius 3 is 2.12 bits per heavy atom. The summed E-state index contributed by atoms with van der Waals surface area (Å²) in [6.45, 7) is 6.69. The van der Waals surface area contributed by atoms with Crippen LogP contribution >= 0.6 is 50.7 Å². The summed E-state index contributed by atoms with van der Waals surface area (Å²) in [4.78, 5) is 23.8. The standard InChI is InChI=1S/C15H12BrClF4N2O2.C12H11Cl2NO/c1-6(2)25-14(24)7-4-8(10(18)5-9(7)17)12-11(16)13(15(19,20)21)23(3)22-12;1-4-12(2,3)15-11(16)8-5-9(13)7-10(14)6-8/h4-6H,1-3H3;1,5-7H,2-3H3,(H,15,16). The van der Waals surface area contributed by atoms with Crippen molar-refractivity contribution in [2.75, 3.05) is 0 Å². The minimum absolute atomic E-state index is 0.169. The maximum absolute atomic E-state index is 14.3. The fraction of sp³-hybridized carbons (Fsp3) is 0.296. The summed E-state index contributed by atoms with van der Waals surface area (Å²) >= 11 is 20.3. The number of halogens is 8. The van der Waals surface area contributed by atoms with Crippen molar-refractivity contribution in [3.05, 3.63) is 72.5 Å². The molecule has 1 amide bonds. The Kier molecular flexibility index (Phi) is 11.3. The van der Waals surface area contributed by atoms with Gasteiger partial charge < -0.3 is 10.1 Å². The Hall–Kier alpha value is -2.78. The zero-order valence-electron chi connectivity index (χ0n) is 22.2. The van der Waals surface area contributed by atoms with E-state index in [1.165, 1.54) is 12.1 Å². The molecule has 1 heterocycles. The number of hydrogen-bond donors (Lipinski definition) is 1. The number of carbonyl (C=O) groups is 2. The predicted molar refractivity (Wildman–Crippen MR) is 154 cm³/mol. The van der Waals surface area contributed by atoms with Gasteiger partial charge in [0.1, 0.15) is 11.5 Å². The van der Waals surface area contributed by atoms with Gasteiger partial charge in [-0.1, -0.05) is 40.7 Å². The van der Waals surface area contributed by atoms with Crippen LogP contribution in [0.15, 0.2) is 34.8 Å². The van der Waals surface area contributed by atoms with Crippen LogP contribution in [0.4, 0.5) is 17.6 Å². The zero-order chi connectivity index (χ0) is 31.4. The van der Waals surface area contributed by atoms with Crippen LogP contribution in [0.5, 0.6) is 0 Å². The number of aryl methyl sites for hydroxylation is 1. The lowest BCUT2D eigenvalue weighted by atomic mass is 10.1. The van der Waals surface area contributed by atoms with Crippen molar-refractivity contribution in [3.8, 4) is 23.6 Å². The smallest absolute Gasteiger partial charge is 0.434 e. The van der Waals surface area contributed by atoms with E-state index in [0.29, 0.717) is 20.3 Å². The van der Waals surface area contributed by atoms with E-state index in [2.05, 4.69) is 32.3 Å². The van der Waals surface area contributed by atoms with Gasteiger partial charge in [0.05, 0.1) is 26.7 Å². The fourth-order valence-corrected chi connectivity index (χ4v) is 4.75. The molecule has 0 radical (unpaired) electrons. The molecule has 0 saturated carbocycles. The summed E-state index contributed by atoms with van der Waals surface area (Å²) in [7, 11) is 1.08. The van der Waals surface area contributed by atoms with Crippen molar-refractivity contribution in [2.24, 2.45) is 7.05 Å². The van der Waals surface area contributed by atoms with Crippen LogP contribution in [-0.2, 0) is 18.0 Å². The highest BCUT2D eigenvalue weighted by atomic mass is 79.9. The molecular formula is C27H23BrCl3F4N3O3. The number of alkyl halides is 3. The van der Waals surface area contributed by atoms with E-state index < -0.39 is 39.8 Å². The van der Waals surface area contributed by atoms with Crippen LogP contribution in [0, 0.1) is 18.2 Å². The fourth-order valence-electron chi connectivity index (χ4n) is 3.22. The van der Waals surface area contributed by atoms with Gasteiger partial charge in [-0.25, -0.2) is 9.18 Å². The molecule has 14 heteroatoms. The van der Waals surface area contributed by atoms with Crippen LogP contribution in [0.3, 0.4) is 0 Å². The van der Waals surface area contributed by atoms with Crippen molar-refractivity contribution < 1.29 is 31.9 Å². The maximum Gasteiger partial charge on any atom is 0.434 e. The topological polar surface area (TPSA) is 73.2 Å². The van der Waals surface area contributed by atoms with Gasteiger partial charge in [0.2, 0.25) is 0 Å². The molecule has 1 N–H and O–H groups in total. The molecule has 0 aliphatic rings. The van der Waals surface area contributed by atoms with Crippen LogP contribution in [0.1, 0.15) is 54.1 Å². The van der Waals surface area contributed by atoms with E-state index >= 15 is 0 Å². The van der Waals surface area contributed by atoms with Crippen LogP contribution in [0.2, 0.25) is 15.1 Å². The van der Waals surface area contributed by atoms with Gasteiger partial charge in [0.15, 0.2) is 5.69 Å². The average Bonchev–Trinajstić information content (AvgIpc) is 3.12. The first-order chi connectivity index (χ1) is 18.8. The molecule has 0 unspecified atom stereocenters. The molecule has 3 aromatic rings. The third-order valence-electron chi connectivity index (χ3n) is 5.04. The first kappa shape index (κ1) is 34.4. The highest BCUT2D eigenvalue weighted by Gasteiger charge is 2.39. The van der Waals surface area contributed by atoms with Crippen molar-refractivity contribution in [3.63, 3.8) is 0 Å². The SMILES string of the molecule is C#CC(C)(C)NC(=O)c1cc(Cl)cc(Cl)c1.CC(C)OC(=O)c1cc(-c2nn(C)c(C(F)(F)F)c2Br)c(F)cc1Cl. The van der Waals surface area contributed by atoms with Crippen molar-refractivity contribution in [2.45, 2.75) is 45.5 Å². The van der Waals surface area contributed by atoms with Gasteiger partial charge in [0, 0.05) is 28.2 Å².